The minimum absolute atomic E-state index is 0.118. The molecule has 20 heavy (non-hydrogen) atoms. The highest BCUT2D eigenvalue weighted by Gasteiger charge is 2.29. The van der Waals surface area contributed by atoms with E-state index in [9.17, 15) is 4.79 Å². The molecule has 0 unspecified atom stereocenters. The number of hydrogen-bond acceptors (Lipinski definition) is 3. The number of likely N-dealkylation sites (tertiary alicyclic amines) is 1. The summed E-state index contributed by atoms with van der Waals surface area (Å²) >= 11 is 0. The number of aryl methyl sites for hydroxylation is 1. The Morgan fingerprint density at radius 3 is 3.10 bits per heavy atom. The standard InChI is InChI=1S/C14H19N5O/c1-11-9-15-17-14(11)12-5-2-3-8-19(12)13(20)10-18-7-4-6-16-18/h4,6-7,9,12H,2-3,5,8,10H2,1H3,(H,15,17)/t12-/m0/s1. The molecular formula is C14H19N5O. The molecule has 6 heteroatoms. The van der Waals surface area contributed by atoms with Crippen molar-refractivity contribution in [3.05, 3.63) is 35.9 Å². The summed E-state index contributed by atoms with van der Waals surface area (Å²) in [5.41, 5.74) is 2.19. The summed E-state index contributed by atoms with van der Waals surface area (Å²) in [7, 11) is 0. The van der Waals surface area contributed by atoms with Gasteiger partial charge >= 0.3 is 0 Å². The maximum atomic E-state index is 12.5. The molecule has 3 rings (SSSR count). The van der Waals surface area contributed by atoms with Gasteiger partial charge in [0.2, 0.25) is 5.91 Å². The summed E-state index contributed by atoms with van der Waals surface area (Å²) in [5, 5.41) is 11.2. The number of piperidine rings is 1. The van der Waals surface area contributed by atoms with Crippen LogP contribution in [0.3, 0.4) is 0 Å². The Kier molecular flexibility index (Phi) is 3.54. The molecule has 0 saturated carbocycles. The average molecular weight is 273 g/mol. The molecule has 0 aromatic carbocycles. The van der Waals surface area contributed by atoms with Crippen molar-refractivity contribution in [2.24, 2.45) is 0 Å². The van der Waals surface area contributed by atoms with E-state index in [1.807, 2.05) is 30.3 Å². The van der Waals surface area contributed by atoms with Crippen LogP contribution in [0.5, 0.6) is 0 Å². The molecule has 0 spiro atoms. The van der Waals surface area contributed by atoms with Crippen molar-refractivity contribution in [3.63, 3.8) is 0 Å². The number of aromatic amines is 1. The first-order valence-corrected chi connectivity index (χ1v) is 7.02. The number of amides is 1. The van der Waals surface area contributed by atoms with E-state index in [1.165, 1.54) is 0 Å². The van der Waals surface area contributed by atoms with Gasteiger partial charge in [-0.05, 0) is 37.8 Å². The molecule has 3 heterocycles. The van der Waals surface area contributed by atoms with Crippen LogP contribution in [0.15, 0.2) is 24.7 Å². The molecular weight excluding hydrogens is 254 g/mol. The van der Waals surface area contributed by atoms with Gasteiger partial charge in [-0.25, -0.2) is 0 Å². The molecule has 1 saturated heterocycles. The van der Waals surface area contributed by atoms with Crippen LogP contribution in [-0.4, -0.2) is 37.3 Å². The second-order valence-corrected chi connectivity index (χ2v) is 5.27. The number of aromatic nitrogens is 4. The van der Waals surface area contributed by atoms with Crippen LogP contribution in [-0.2, 0) is 11.3 Å². The van der Waals surface area contributed by atoms with Crippen molar-refractivity contribution >= 4 is 5.91 Å². The Morgan fingerprint density at radius 2 is 2.40 bits per heavy atom. The number of carbonyl (C=O) groups is 1. The number of H-pyrrole nitrogens is 1. The Balaban J connectivity index is 1.78. The van der Waals surface area contributed by atoms with E-state index in [0.717, 1.165) is 37.1 Å². The lowest BCUT2D eigenvalue weighted by molar-refractivity contribution is -0.136. The first-order chi connectivity index (χ1) is 9.75. The van der Waals surface area contributed by atoms with Crippen LogP contribution in [0, 0.1) is 6.92 Å². The second-order valence-electron chi connectivity index (χ2n) is 5.27. The molecule has 6 nitrogen and oxygen atoms in total. The fourth-order valence-corrected chi connectivity index (χ4v) is 2.85. The predicted octanol–water partition coefficient (Wildman–Crippen LogP) is 1.67. The summed E-state index contributed by atoms with van der Waals surface area (Å²) in [6, 6.07) is 1.95. The molecule has 2 aromatic heterocycles. The van der Waals surface area contributed by atoms with E-state index in [1.54, 1.807) is 10.9 Å². The van der Waals surface area contributed by atoms with Crippen molar-refractivity contribution in [2.75, 3.05) is 6.54 Å². The lowest BCUT2D eigenvalue weighted by Crippen LogP contribution is -2.40. The van der Waals surface area contributed by atoms with Crippen molar-refractivity contribution in [1.82, 2.24) is 24.9 Å². The Morgan fingerprint density at radius 1 is 1.50 bits per heavy atom. The highest BCUT2D eigenvalue weighted by atomic mass is 16.2. The normalized spacial score (nSPS) is 19.2. The van der Waals surface area contributed by atoms with E-state index in [2.05, 4.69) is 15.3 Å². The molecule has 1 N–H and O–H groups in total. The average Bonchev–Trinajstić information content (AvgIpc) is 3.10. The summed E-state index contributed by atoms with van der Waals surface area (Å²) in [6.45, 7) is 3.14. The van der Waals surface area contributed by atoms with Gasteiger partial charge in [0.1, 0.15) is 6.54 Å². The van der Waals surface area contributed by atoms with E-state index in [-0.39, 0.29) is 11.9 Å². The molecule has 0 aliphatic carbocycles. The summed E-state index contributed by atoms with van der Waals surface area (Å²) < 4.78 is 1.67. The maximum absolute atomic E-state index is 12.5. The summed E-state index contributed by atoms with van der Waals surface area (Å²) in [4.78, 5) is 14.5. The van der Waals surface area contributed by atoms with E-state index >= 15 is 0 Å². The van der Waals surface area contributed by atoms with Gasteiger partial charge in [0, 0.05) is 18.9 Å². The predicted molar refractivity (Wildman–Crippen MR) is 73.9 cm³/mol. The quantitative estimate of drug-likeness (QED) is 0.925. The minimum Gasteiger partial charge on any atom is -0.332 e. The lowest BCUT2D eigenvalue weighted by Gasteiger charge is -2.35. The van der Waals surface area contributed by atoms with Gasteiger partial charge in [-0.15, -0.1) is 0 Å². The number of nitrogens with zero attached hydrogens (tertiary/aromatic N) is 4. The smallest absolute Gasteiger partial charge is 0.244 e. The Bertz CT molecular complexity index is 574. The Hall–Kier alpha value is -2.11. The first kappa shape index (κ1) is 12.9. The number of hydrogen-bond donors (Lipinski definition) is 1. The van der Waals surface area contributed by atoms with Crippen molar-refractivity contribution in [2.45, 2.75) is 38.8 Å². The molecule has 1 aliphatic rings. The molecule has 1 atom stereocenters. The van der Waals surface area contributed by atoms with Crippen LogP contribution in [0.4, 0.5) is 0 Å². The Labute approximate surface area is 117 Å². The number of carbonyl (C=O) groups excluding carboxylic acids is 1. The van der Waals surface area contributed by atoms with Crippen molar-refractivity contribution < 1.29 is 4.79 Å². The van der Waals surface area contributed by atoms with Crippen LogP contribution in [0.1, 0.15) is 36.6 Å². The largest absolute Gasteiger partial charge is 0.332 e. The third-order valence-corrected chi connectivity index (χ3v) is 3.88. The van der Waals surface area contributed by atoms with Crippen LogP contribution < -0.4 is 0 Å². The van der Waals surface area contributed by atoms with Gasteiger partial charge in [0.25, 0.3) is 0 Å². The van der Waals surface area contributed by atoms with Crippen LogP contribution in [0.2, 0.25) is 0 Å². The number of nitrogens with one attached hydrogen (secondary N) is 1. The molecule has 0 radical (unpaired) electrons. The van der Waals surface area contributed by atoms with E-state index < -0.39 is 0 Å². The third kappa shape index (κ3) is 2.45. The fourth-order valence-electron chi connectivity index (χ4n) is 2.85. The third-order valence-electron chi connectivity index (χ3n) is 3.88. The second kappa shape index (κ2) is 5.48. The first-order valence-electron chi connectivity index (χ1n) is 7.02. The van der Waals surface area contributed by atoms with E-state index in [0.29, 0.717) is 6.54 Å². The van der Waals surface area contributed by atoms with Gasteiger partial charge < -0.3 is 4.90 Å². The van der Waals surface area contributed by atoms with Crippen LogP contribution >= 0.6 is 0 Å². The molecule has 1 aliphatic heterocycles. The van der Waals surface area contributed by atoms with Crippen molar-refractivity contribution in [1.29, 1.82) is 0 Å². The van der Waals surface area contributed by atoms with Crippen molar-refractivity contribution in [3.8, 4) is 0 Å². The van der Waals surface area contributed by atoms with Gasteiger partial charge in [0.15, 0.2) is 0 Å². The summed E-state index contributed by atoms with van der Waals surface area (Å²) in [6.07, 6.45) is 8.54. The van der Waals surface area contributed by atoms with Gasteiger partial charge in [-0.1, -0.05) is 0 Å². The molecule has 1 fully saturated rings. The highest BCUT2D eigenvalue weighted by Crippen LogP contribution is 2.31. The SMILES string of the molecule is Cc1cn[nH]c1[C@@H]1CCCCN1C(=O)Cn1cccn1. The fraction of sp³-hybridized carbons (Fsp3) is 0.500. The molecule has 2 aromatic rings. The monoisotopic (exact) mass is 273 g/mol. The van der Waals surface area contributed by atoms with Gasteiger partial charge in [-0.3, -0.25) is 14.6 Å². The summed E-state index contributed by atoms with van der Waals surface area (Å²) in [5.74, 6) is 0.118. The zero-order chi connectivity index (χ0) is 13.9. The topological polar surface area (TPSA) is 66.8 Å². The molecule has 0 bridgehead atoms. The van der Waals surface area contributed by atoms with Gasteiger partial charge in [-0.2, -0.15) is 10.2 Å². The van der Waals surface area contributed by atoms with E-state index in [4.69, 9.17) is 0 Å². The van der Waals surface area contributed by atoms with Crippen LogP contribution in [0.25, 0.3) is 0 Å². The molecule has 1 amide bonds. The number of rotatable bonds is 3. The highest BCUT2D eigenvalue weighted by molar-refractivity contribution is 5.76. The zero-order valence-electron chi connectivity index (χ0n) is 11.6. The maximum Gasteiger partial charge on any atom is 0.244 e. The zero-order valence-corrected chi connectivity index (χ0v) is 11.6. The minimum atomic E-state index is 0.118. The van der Waals surface area contributed by atoms with Gasteiger partial charge in [0.05, 0.1) is 17.9 Å². The lowest BCUT2D eigenvalue weighted by atomic mass is 9.97. The molecule has 106 valence electrons.